The Bertz CT molecular complexity index is 338. The number of hydrogen-bond donors (Lipinski definition) is 1. The molecule has 1 heterocycles. The molecule has 1 aromatic rings. The second kappa shape index (κ2) is 6.57. The van der Waals surface area contributed by atoms with E-state index in [4.69, 9.17) is 4.74 Å². The lowest BCUT2D eigenvalue weighted by Crippen LogP contribution is -2.31. The van der Waals surface area contributed by atoms with Gasteiger partial charge in [0.15, 0.2) is 0 Å². The quantitative estimate of drug-likeness (QED) is 0.860. The Kier molecular flexibility index (Phi) is 4.76. The molecule has 0 aliphatic carbocycles. The zero-order valence-electron chi connectivity index (χ0n) is 9.99. The van der Waals surface area contributed by atoms with Crippen molar-refractivity contribution in [2.45, 2.75) is 6.42 Å². The van der Waals surface area contributed by atoms with E-state index in [2.05, 4.69) is 10.2 Å². The minimum Gasteiger partial charge on any atom is -0.492 e. The van der Waals surface area contributed by atoms with Gasteiger partial charge in [-0.2, -0.15) is 0 Å². The van der Waals surface area contributed by atoms with Gasteiger partial charge < -0.3 is 10.1 Å². The van der Waals surface area contributed by atoms with Crippen LogP contribution in [0.15, 0.2) is 24.3 Å². The summed E-state index contributed by atoms with van der Waals surface area (Å²) in [5, 5.41) is 3.36. The molecule has 0 spiro atoms. The number of nitrogens with one attached hydrogen (secondary N) is 1. The van der Waals surface area contributed by atoms with Crippen LogP contribution in [-0.2, 0) is 0 Å². The molecular weight excluding hydrogens is 219 g/mol. The van der Waals surface area contributed by atoms with E-state index in [1.165, 1.54) is 18.6 Å². The Morgan fingerprint density at radius 1 is 1.29 bits per heavy atom. The van der Waals surface area contributed by atoms with E-state index >= 15 is 0 Å². The molecule has 1 saturated heterocycles. The number of benzene rings is 1. The maximum absolute atomic E-state index is 12.9. The first kappa shape index (κ1) is 12.3. The van der Waals surface area contributed by atoms with Gasteiger partial charge in [-0.1, -0.05) is 6.07 Å². The first-order chi connectivity index (χ1) is 8.34. The summed E-state index contributed by atoms with van der Waals surface area (Å²) in [5.74, 6) is 0.361. The molecule has 3 nitrogen and oxygen atoms in total. The van der Waals surface area contributed by atoms with Crippen LogP contribution < -0.4 is 10.1 Å². The fraction of sp³-hybridized carbons (Fsp3) is 0.538. The van der Waals surface area contributed by atoms with E-state index in [-0.39, 0.29) is 5.82 Å². The second-order valence-electron chi connectivity index (χ2n) is 4.25. The summed E-state index contributed by atoms with van der Waals surface area (Å²) in [6.07, 6.45) is 1.18. The van der Waals surface area contributed by atoms with Gasteiger partial charge in [0.25, 0.3) is 0 Å². The highest BCUT2D eigenvalue weighted by Gasteiger charge is 2.07. The maximum Gasteiger partial charge on any atom is 0.126 e. The van der Waals surface area contributed by atoms with Crippen LogP contribution in [0.25, 0.3) is 0 Å². The molecule has 2 rings (SSSR count). The molecule has 1 aromatic carbocycles. The third-order valence-electron chi connectivity index (χ3n) is 2.91. The van der Waals surface area contributed by atoms with Gasteiger partial charge in [0.2, 0.25) is 0 Å². The molecule has 0 saturated carbocycles. The first-order valence-corrected chi connectivity index (χ1v) is 6.16. The number of rotatable bonds is 4. The van der Waals surface area contributed by atoms with E-state index in [0.29, 0.717) is 12.4 Å². The van der Waals surface area contributed by atoms with Crippen molar-refractivity contribution in [3.05, 3.63) is 30.1 Å². The summed E-state index contributed by atoms with van der Waals surface area (Å²) < 4.78 is 18.4. The molecular formula is C13H19FN2O. The standard InChI is InChI=1S/C13H19FN2O/c14-12-3-1-4-13(11-12)17-10-9-16-7-2-5-15-6-8-16/h1,3-4,11,15H,2,5-10H2. The zero-order chi connectivity index (χ0) is 11.9. The largest absolute Gasteiger partial charge is 0.492 e. The van der Waals surface area contributed by atoms with Crippen LogP contribution in [0.4, 0.5) is 4.39 Å². The van der Waals surface area contributed by atoms with Crippen molar-refractivity contribution in [1.82, 2.24) is 10.2 Å². The lowest BCUT2D eigenvalue weighted by Gasteiger charge is -2.19. The molecule has 17 heavy (non-hydrogen) atoms. The highest BCUT2D eigenvalue weighted by Crippen LogP contribution is 2.11. The fourth-order valence-electron chi connectivity index (χ4n) is 1.97. The van der Waals surface area contributed by atoms with Crippen molar-refractivity contribution in [3.63, 3.8) is 0 Å². The van der Waals surface area contributed by atoms with E-state index in [1.807, 2.05) is 0 Å². The van der Waals surface area contributed by atoms with E-state index < -0.39 is 0 Å². The van der Waals surface area contributed by atoms with E-state index in [9.17, 15) is 4.39 Å². The van der Waals surface area contributed by atoms with Crippen molar-refractivity contribution in [2.24, 2.45) is 0 Å². The molecule has 0 unspecified atom stereocenters. The average Bonchev–Trinajstić information content (AvgIpc) is 2.58. The second-order valence-corrected chi connectivity index (χ2v) is 4.25. The number of hydrogen-bond acceptors (Lipinski definition) is 3. The Morgan fingerprint density at radius 2 is 2.24 bits per heavy atom. The molecule has 0 atom stereocenters. The number of nitrogens with zero attached hydrogens (tertiary/aromatic N) is 1. The SMILES string of the molecule is Fc1cccc(OCCN2CCCNCC2)c1. The minimum atomic E-state index is -0.249. The van der Waals surface area contributed by atoms with E-state index in [0.717, 1.165) is 32.7 Å². The molecule has 0 aromatic heterocycles. The smallest absolute Gasteiger partial charge is 0.126 e. The summed E-state index contributed by atoms with van der Waals surface area (Å²) in [6.45, 7) is 5.83. The Morgan fingerprint density at radius 3 is 3.12 bits per heavy atom. The third-order valence-corrected chi connectivity index (χ3v) is 2.91. The van der Waals surface area contributed by atoms with Gasteiger partial charge in [-0.3, -0.25) is 4.90 Å². The number of halogens is 1. The van der Waals surface area contributed by atoms with Gasteiger partial charge in [0.1, 0.15) is 18.2 Å². The van der Waals surface area contributed by atoms with Crippen molar-refractivity contribution in [1.29, 1.82) is 0 Å². The molecule has 1 aliphatic rings. The molecule has 1 N–H and O–H groups in total. The molecule has 1 aliphatic heterocycles. The Hall–Kier alpha value is -1.13. The Balaban J connectivity index is 1.71. The summed E-state index contributed by atoms with van der Waals surface area (Å²) in [7, 11) is 0. The zero-order valence-corrected chi connectivity index (χ0v) is 9.99. The van der Waals surface area contributed by atoms with Crippen molar-refractivity contribution < 1.29 is 9.13 Å². The van der Waals surface area contributed by atoms with Gasteiger partial charge >= 0.3 is 0 Å². The topological polar surface area (TPSA) is 24.5 Å². The van der Waals surface area contributed by atoms with Crippen LogP contribution in [0.5, 0.6) is 5.75 Å². The summed E-state index contributed by atoms with van der Waals surface area (Å²) >= 11 is 0. The molecule has 0 bridgehead atoms. The summed E-state index contributed by atoms with van der Waals surface area (Å²) in [6, 6.07) is 6.30. The van der Waals surface area contributed by atoms with Crippen LogP contribution in [-0.4, -0.2) is 44.2 Å². The lowest BCUT2D eigenvalue weighted by molar-refractivity contribution is 0.217. The van der Waals surface area contributed by atoms with Crippen molar-refractivity contribution >= 4 is 0 Å². The first-order valence-electron chi connectivity index (χ1n) is 6.16. The monoisotopic (exact) mass is 238 g/mol. The van der Waals surface area contributed by atoms with Crippen LogP contribution in [0.2, 0.25) is 0 Å². The highest BCUT2D eigenvalue weighted by atomic mass is 19.1. The van der Waals surface area contributed by atoms with Crippen LogP contribution >= 0.6 is 0 Å². The predicted molar refractivity (Wildman–Crippen MR) is 65.8 cm³/mol. The van der Waals surface area contributed by atoms with Gasteiger partial charge in [-0.25, -0.2) is 4.39 Å². The highest BCUT2D eigenvalue weighted by molar-refractivity contribution is 5.22. The van der Waals surface area contributed by atoms with Crippen molar-refractivity contribution in [3.8, 4) is 5.75 Å². The van der Waals surface area contributed by atoms with Crippen LogP contribution in [0.3, 0.4) is 0 Å². The molecule has 0 radical (unpaired) electrons. The van der Waals surface area contributed by atoms with E-state index in [1.54, 1.807) is 12.1 Å². The molecule has 94 valence electrons. The van der Waals surface area contributed by atoms with Crippen molar-refractivity contribution in [2.75, 3.05) is 39.3 Å². The van der Waals surface area contributed by atoms with Crippen LogP contribution in [0.1, 0.15) is 6.42 Å². The van der Waals surface area contributed by atoms with Gasteiger partial charge in [-0.05, 0) is 31.6 Å². The Labute approximate surface area is 102 Å². The summed E-state index contributed by atoms with van der Waals surface area (Å²) in [5.41, 5.74) is 0. The normalized spacial score (nSPS) is 17.7. The lowest BCUT2D eigenvalue weighted by atomic mass is 10.3. The molecule has 4 heteroatoms. The van der Waals surface area contributed by atoms with Gasteiger partial charge in [0.05, 0.1) is 0 Å². The third kappa shape index (κ3) is 4.32. The minimum absolute atomic E-state index is 0.249. The molecule has 1 fully saturated rings. The average molecular weight is 238 g/mol. The number of ether oxygens (including phenoxy) is 1. The maximum atomic E-state index is 12.9. The molecule has 0 amide bonds. The summed E-state index contributed by atoms with van der Waals surface area (Å²) in [4.78, 5) is 2.37. The van der Waals surface area contributed by atoms with Gasteiger partial charge in [0, 0.05) is 25.7 Å². The van der Waals surface area contributed by atoms with Crippen LogP contribution in [0, 0.1) is 5.82 Å². The van der Waals surface area contributed by atoms with Gasteiger partial charge in [-0.15, -0.1) is 0 Å². The fourth-order valence-corrected chi connectivity index (χ4v) is 1.97. The predicted octanol–water partition coefficient (Wildman–Crippen LogP) is 1.50.